The van der Waals surface area contributed by atoms with E-state index in [1.165, 1.54) is 11.1 Å². The van der Waals surface area contributed by atoms with Gasteiger partial charge in [-0.2, -0.15) is 0 Å². The molecule has 0 saturated carbocycles. The number of hydrogen-bond acceptors (Lipinski definition) is 1. The van der Waals surface area contributed by atoms with E-state index < -0.39 is 0 Å². The molecule has 0 atom stereocenters. The van der Waals surface area contributed by atoms with Crippen LogP contribution in [0.1, 0.15) is 16.7 Å². The molecule has 0 spiro atoms. The lowest BCUT2D eigenvalue weighted by Gasteiger charge is -2.25. The molecule has 14 heavy (non-hydrogen) atoms. The maximum atomic E-state index is 10.6. The minimum atomic E-state index is 0.746. The standard InChI is InChI=1S/C12H13NO/c1-2-10-3-4-12-8-13(9-14)6-5-11(12)7-10/h2-4,7,9H,1,5-6,8H2. The van der Waals surface area contributed by atoms with Gasteiger partial charge in [0.05, 0.1) is 0 Å². The van der Waals surface area contributed by atoms with Gasteiger partial charge in [0.15, 0.2) is 0 Å². The molecule has 0 fully saturated rings. The van der Waals surface area contributed by atoms with Crippen LogP contribution in [0.25, 0.3) is 6.08 Å². The van der Waals surface area contributed by atoms with E-state index in [0.29, 0.717) is 0 Å². The predicted octanol–water partition coefficient (Wildman–Crippen LogP) is 1.84. The third-order valence-electron chi connectivity index (χ3n) is 2.66. The summed E-state index contributed by atoms with van der Waals surface area (Å²) in [4.78, 5) is 12.4. The number of fused-ring (bicyclic) bond motifs is 1. The summed E-state index contributed by atoms with van der Waals surface area (Å²) in [6.45, 7) is 5.32. The fraction of sp³-hybridized carbons (Fsp3) is 0.250. The average molecular weight is 187 g/mol. The zero-order valence-corrected chi connectivity index (χ0v) is 8.07. The fourth-order valence-electron chi connectivity index (χ4n) is 1.81. The Balaban J connectivity index is 2.31. The van der Waals surface area contributed by atoms with Crippen LogP contribution in [0.3, 0.4) is 0 Å². The topological polar surface area (TPSA) is 20.3 Å². The highest BCUT2D eigenvalue weighted by atomic mass is 16.1. The van der Waals surface area contributed by atoms with E-state index in [1.807, 2.05) is 12.1 Å². The molecular weight excluding hydrogens is 174 g/mol. The summed E-state index contributed by atoms with van der Waals surface area (Å²) in [7, 11) is 0. The van der Waals surface area contributed by atoms with Crippen molar-refractivity contribution in [3.05, 3.63) is 41.5 Å². The van der Waals surface area contributed by atoms with Crippen molar-refractivity contribution in [3.8, 4) is 0 Å². The molecule has 1 amide bonds. The maximum Gasteiger partial charge on any atom is 0.210 e. The Hall–Kier alpha value is -1.57. The third kappa shape index (κ3) is 1.55. The highest BCUT2D eigenvalue weighted by Crippen LogP contribution is 2.19. The van der Waals surface area contributed by atoms with Gasteiger partial charge in [-0.15, -0.1) is 0 Å². The van der Waals surface area contributed by atoms with Crippen molar-refractivity contribution < 1.29 is 4.79 Å². The number of carbonyl (C=O) groups is 1. The molecule has 1 heterocycles. The smallest absolute Gasteiger partial charge is 0.210 e. The number of hydrogen-bond donors (Lipinski definition) is 0. The van der Waals surface area contributed by atoms with Crippen molar-refractivity contribution in [1.82, 2.24) is 4.90 Å². The van der Waals surface area contributed by atoms with Crippen LogP contribution < -0.4 is 0 Å². The second-order valence-corrected chi connectivity index (χ2v) is 3.56. The normalized spacial score (nSPS) is 14.7. The summed E-state index contributed by atoms with van der Waals surface area (Å²) in [5, 5.41) is 0. The number of rotatable bonds is 2. The molecule has 0 N–H and O–H groups in total. The van der Waals surface area contributed by atoms with Crippen LogP contribution in [-0.2, 0) is 17.8 Å². The second kappa shape index (κ2) is 3.66. The second-order valence-electron chi connectivity index (χ2n) is 3.56. The predicted molar refractivity (Wildman–Crippen MR) is 56.7 cm³/mol. The summed E-state index contributed by atoms with van der Waals surface area (Å²) in [6, 6.07) is 6.28. The number of nitrogens with zero attached hydrogens (tertiary/aromatic N) is 1. The van der Waals surface area contributed by atoms with Crippen molar-refractivity contribution in [1.29, 1.82) is 0 Å². The van der Waals surface area contributed by atoms with Gasteiger partial charge in [-0.05, 0) is 23.1 Å². The Labute approximate surface area is 83.8 Å². The molecule has 1 aliphatic rings. The van der Waals surface area contributed by atoms with Crippen LogP contribution in [0.2, 0.25) is 0 Å². The molecular formula is C12H13NO. The van der Waals surface area contributed by atoms with Gasteiger partial charge < -0.3 is 4.90 Å². The zero-order valence-electron chi connectivity index (χ0n) is 8.07. The first-order valence-corrected chi connectivity index (χ1v) is 4.77. The molecule has 0 bridgehead atoms. The molecule has 2 rings (SSSR count). The third-order valence-corrected chi connectivity index (χ3v) is 2.66. The molecule has 1 aromatic carbocycles. The summed E-state index contributed by atoms with van der Waals surface area (Å²) < 4.78 is 0. The van der Waals surface area contributed by atoms with E-state index in [-0.39, 0.29) is 0 Å². The van der Waals surface area contributed by atoms with Crippen LogP contribution in [0, 0.1) is 0 Å². The first kappa shape index (κ1) is 9.00. The van der Waals surface area contributed by atoms with E-state index in [9.17, 15) is 4.79 Å². The van der Waals surface area contributed by atoms with Gasteiger partial charge >= 0.3 is 0 Å². The lowest BCUT2D eigenvalue weighted by molar-refractivity contribution is -0.118. The summed E-state index contributed by atoms with van der Waals surface area (Å²) in [6.07, 6.45) is 3.73. The number of benzene rings is 1. The SMILES string of the molecule is C=Cc1ccc2c(c1)CCN(C=O)C2. The molecule has 0 aliphatic carbocycles. The Kier molecular flexibility index (Phi) is 2.35. The van der Waals surface area contributed by atoms with Crippen molar-refractivity contribution >= 4 is 12.5 Å². The van der Waals surface area contributed by atoms with E-state index in [1.54, 1.807) is 4.90 Å². The molecule has 0 radical (unpaired) electrons. The zero-order chi connectivity index (χ0) is 9.97. The first-order chi connectivity index (χ1) is 6.83. The van der Waals surface area contributed by atoms with E-state index in [4.69, 9.17) is 0 Å². The van der Waals surface area contributed by atoms with Crippen molar-refractivity contribution in [3.63, 3.8) is 0 Å². The van der Waals surface area contributed by atoms with Crippen molar-refractivity contribution in [2.45, 2.75) is 13.0 Å². The Morgan fingerprint density at radius 1 is 1.36 bits per heavy atom. The van der Waals surface area contributed by atoms with Crippen molar-refractivity contribution in [2.24, 2.45) is 0 Å². The highest BCUT2D eigenvalue weighted by Gasteiger charge is 2.13. The Morgan fingerprint density at radius 3 is 2.93 bits per heavy atom. The fourth-order valence-corrected chi connectivity index (χ4v) is 1.81. The summed E-state index contributed by atoms with van der Waals surface area (Å²) in [5.74, 6) is 0. The number of amides is 1. The quantitative estimate of drug-likeness (QED) is 0.647. The molecule has 0 unspecified atom stereocenters. The van der Waals surface area contributed by atoms with Crippen LogP contribution >= 0.6 is 0 Å². The Bertz CT molecular complexity index is 371. The van der Waals surface area contributed by atoms with Crippen LogP contribution in [0.5, 0.6) is 0 Å². The molecule has 72 valence electrons. The molecule has 0 saturated heterocycles. The van der Waals surface area contributed by atoms with Gasteiger partial charge in [-0.25, -0.2) is 0 Å². The summed E-state index contributed by atoms with van der Waals surface area (Å²) in [5.41, 5.74) is 3.76. The minimum Gasteiger partial charge on any atom is -0.341 e. The first-order valence-electron chi connectivity index (χ1n) is 4.77. The van der Waals surface area contributed by atoms with E-state index in [0.717, 1.165) is 31.5 Å². The monoisotopic (exact) mass is 187 g/mol. The van der Waals surface area contributed by atoms with Crippen LogP contribution in [0.15, 0.2) is 24.8 Å². The average Bonchev–Trinajstić information content (AvgIpc) is 2.27. The molecule has 2 heteroatoms. The van der Waals surface area contributed by atoms with Gasteiger partial charge in [0, 0.05) is 13.1 Å². The van der Waals surface area contributed by atoms with Crippen LogP contribution in [-0.4, -0.2) is 17.9 Å². The van der Waals surface area contributed by atoms with Crippen molar-refractivity contribution in [2.75, 3.05) is 6.54 Å². The molecule has 2 nitrogen and oxygen atoms in total. The minimum absolute atomic E-state index is 0.746. The van der Waals surface area contributed by atoms with Crippen LogP contribution in [0.4, 0.5) is 0 Å². The van der Waals surface area contributed by atoms with Gasteiger partial charge in [-0.1, -0.05) is 30.9 Å². The lowest BCUT2D eigenvalue weighted by atomic mass is 9.98. The molecule has 1 aromatic rings. The van der Waals surface area contributed by atoms with E-state index in [2.05, 4.69) is 18.7 Å². The van der Waals surface area contributed by atoms with Gasteiger partial charge in [0.2, 0.25) is 6.41 Å². The van der Waals surface area contributed by atoms with Gasteiger partial charge in [0.1, 0.15) is 0 Å². The van der Waals surface area contributed by atoms with Gasteiger partial charge in [-0.3, -0.25) is 4.79 Å². The molecule has 1 aliphatic heterocycles. The Morgan fingerprint density at radius 2 is 2.21 bits per heavy atom. The van der Waals surface area contributed by atoms with Gasteiger partial charge in [0.25, 0.3) is 0 Å². The largest absolute Gasteiger partial charge is 0.341 e. The maximum absolute atomic E-state index is 10.6. The number of carbonyl (C=O) groups excluding carboxylic acids is 1. The molecule has 0 aromatic heterocycles. The summed E-state index contributed by atoms with van der Waals surface area (Å²) >= 11 is 0. The highest BCUT2D eigenvalue weighted by molar-refractivity contribution is 5.53. The lowest BCUT2D eigenvalue weighted by Crippen LogP contribution is -2.29. The van der Waals surface area contributed by atoms with E-state index >= 15 is 0 Å².